The van der Waals surface area contributed by atoms with Crippen LogP contribution in [0, 0.1) is 0 Å². The van der Waals surface area contributed by atoms with Crippen molar-refractivity contribution in [3.05, 3.63) is 48.7 Å². The lowest BCUT2D eigenvalue weighted by Crippen LogP contribution is -2.39. The highest BCUT2D eigenvalue weighted by atomic mass is 16.2. The smallest absolute Gasteiger partial charge is 0.267 e. The summed E-state index contributed by atoms with van der Waals surface area (Å²) in [5.41, 5.74) is 0.841. The van der Waals surface area contributed by atoms with Gasteiger partial charge in [0.25, 0.3) is 11.8 Å². The number of carbonyl (C=O) groups excluding carboxylic acids is 2. The number of carbonyl (C=O) groups is 2. The Kier molecular flexibility index (Phi) is 1.71. The standard InChI is InChI=1S/C12H8N2O2/c15-11-5-6-12(16)14(11)13-8-7-9-3-1-2-4-10(9)13/h1-8H. The monoisotopic (exact) mass is 212 g/mol. The average Bonchev–Trinajstić information content (AvgIpc) is 2.83. The van der Waals surface area contributed by atoms with E-state index in [0.717, 1.165) is 15.9 Å². The Morgan fingerprint density at radius 3 is 2.31 bits per heavy atom. The first-order valence-corrected chi connectivity index (χ1v) is 4.90. The van der Waals surface area contributed by atoms with Crippen LogP contribution >= 0.6 is 0 Å². The van der Waals surface area contributed by atoms with Gasteiger partial charge in [-0.05, 0) is 12.1 Å². The van der Waals surface area contributed by atoms with Crippen molar-refractivity contribution in [3.63, 3.8) is 0 Å². The summed E-state index contributed by atoms with van der Waals surface area (Å²) in [7, 11) is 0. The molecule has 1 aromatic heterocycles. The molecule has 16 heavy (non-hydrogen) atoms. The number of amides is 2. The van der Waals surface area contributed by atoms with Gasteiger partial charge >= 0.3 is 0 Å². The molecular weight excluding hydrogens is 204 g/mol. The third-order valence-corrected chi connectivity index (χ3v) is 2.58. The van der Waals surface area contributed by atoms with Gasteiger partial charge in [-0.2, -0.15) is 5.01 Å². The van der Waals surface area contributed by atoms with Gasteiger partial charge in [0.1, 0.15) is 0 Å². The van der Waals surface area contributed by atoms with Crippen LogP contribution in [0.2, 0.25) is 0 Å². The van der Waals surface area contributed by atoms with Gasteiger partial charge in [-0.25, -0.2) is 0 Å². The zero-order valence-corrected chi connectivity index (χ0v) is 8.33. The summed E-state index contributed by atoms with van der Waals surface area (Å²) < 4.78 is 1.57. The van der Waals surface area contributed by atoms with E-state index in [0.29, 0.717) is 0 Å². The Morgan fingerprint density at radius 2 is 1.56 bits per heavy atom. The number of aromatic nitrogens is 1. The molecule has 0 spiro atoms. The minimum absolute atomic E-state index is 0.314. The molecule has 0 saturated heterocycles. The molecule has 0 saturated carbocycles. The van der Waals surface area contributed by atoms with Crippen molar-refractivity contribution in [2.24, 2.45) is 0 Å². The Morgan fingerprint density at radius 1 is 0.875 bits per heavy atom. The Balaban J connectivity index is 2.20. The second kappa shape index (κ2) is 3.06. The highest BCUT2D eigenvalue weighted by Gasteiger charge is 2.25. The maximum absolute atomic E-state index is 11.5. The maximum Gasteiger partial charge on any atom is 0.273 e. The zero-order chi connectivity index (χ0) is 11.1. The molecule has 1 aliphatic heterocycles. The van der Waals surface area contributed by atoms with Crippen LogP contribution in [0.25, 0.3) is 10.9 Å². The van der Waals surface area contributed by atoms with Gasteiger partial charge in [-0.3, -0.25) is 14.3 Å². The molecule has 0 unspecified atom stereocenters. The second-order valence-corrected chi connectivity index (χ2v) is 3.54. The van der Waals surface area contributed by atoms with E-state index in [1.807, 2.05) is 30.3 Å². The summed E-state index contributed by atoms with van der Waals surface area (Å²) in [4.78, 5) is 23.0. The van der Waals surface area contributed by atoms with Crippen LogP contribution in [-0.4, -0.2) is 16.5 Å². The fraction of sp³-hybridized carbons (Fsp3) is 0. The van der Waals surface area contributed by atoms with E-state index in [1.165, 1.54) is 12.2 Å². The fourth-order valence-electron chi connectivity index (χ4n) is 1.85. The number of hydrogen-bond acceptors (Lipinski definition) is 2. The fourth-order valence-corrected chi connectivity index (χ4v) is 1.85. The van der Waals surface area contributed by atoms with Crippen molar-refractivity contribution < 1.29 is 9.59 Å². The number of hydrogen-bond donors (Lipinski definition) is 0. The van der Waals surface area contributed by atoms with Gasteiger partial charge in [0.15, 0.2) is 0 Å². The third-order valence-electron chi connectivity index (χ3n) is 2.58. The van der Waals surface area contributed by atoms with Crippen molar-refractivity contribution >= 4 is 22.7 Å². The van der Waals surface area contributed by atoms with E-state index in [2.05, 4.69) is 0 Å². The van der Waals surface area contributed by atoms with E-state index >= 15 is 0 Å². The zero-order valence-electron chi connectivity index (χ0n) is 8.33. The highest BCUT2D eigenvalue weighted by Crippen LogP contribution is 2.17. The van der Waals surface area contributed by atoms with Crippen LogP contribution < -0.4 is 5.01 Å². The molecule has 78 valence electrons. The molecule has 0 N–H and O–H groups in total. The highest BCUT2D eigenvalue weighted by molar-refractivity contribution is 6.24. The number of para-hydroxylation sites is 1. The summed E-state index contributed by atoms with van der Waals surface area (Å²) in [5, 5.41) is 2.11. The van der Waals surface area contributed by atoms with Crippen molar-refractivity contribution in [2.45, 2.75) is 0 Å². The molecule has 0 bridgehead atoms. The van der Waals surface area contributed by atoms with Gasteiger partial charge in [0.05, 0.1) is 5.52 Å². The lowest BCUT2D eigenvalue weighted by molar-refractivity contribution is -0.122. The quantitative estimate of drug-likeness (QED) is 0.666. The van der Waals surface area contributed by atoms with Crippen molar-refractivity contribution in [2.75, 3.05) is 5.01 Å². The molecule has 0 fully saturated rings. The van der Waals surface area contributed by atoms with Crippen LogP contribution in [-0.2, 0) is 9.59 Å². The Labute approximate surface area is 91.3 Å². The normalized spacial score (nSPS) is 15.4. The molecule has 1 aromatic carbocycles. The van der Waals surface area contributed by atoms with E-state index in [-0.39, 0.29) is 11.8 Å². The van der Waals surface area contributed by atoms with Gasteiger partial charge < -0.3 is 0 Å². The van der Waals surface area contributed by atoms with Crippen molar-refractivity contribution in [3.8, 4) is 0 Å². The number of nitrogens with zero attached hydrogens (tertiary/aromatic N) is 2. The topological polar surface area (TPSA) is 42.3 Å². The Bertz CT molecular complexity index is 607. The molecule has 1 aliphatic rings. The van der Waals surface area contributed by atoms with E-state index in [9.17, 15) is 9.59 Å². The lowest BCUT2D eigenvalue weighted by Gasteiger charge is -2.16. The Hall–Kier alpha value is -2.36. The van der Waals surface area contributed by atoms with E-state index < -0.39 is 0 Å². The van der Waals surface area contributed by atoms with Crippen LogP contribution in [0.15, 0.2) is 48.7 Å². The van der Waals surface area contributed by atoms with E-state index in [4.69, 9.17) is 0 Å². The second-order valence-electron chi connectivity index (χ2n) is 3.54. The predicted octanol–water partition coefficient (Wildman–Crippen LogP) is 1.20. The molecule has 4 heteroatoms. The van der Waals surface area contributed by atoms with E-state index in [1.54, 1.807) is 10.9 Å². The molecule has 3 rings (SSSR count). The molecule has 2 amide bonds. The first-order valence-electron chi connectivity index (χ1n) is 4.90. The largest absolute Gasteiger partial charge is 0.273 e. The number of benzene rings is 1. The summed E-state index contributed by atoms with van der Waals surface area (Å²) in [6.07, 6.45) is 4.27. The first-order chi connectivity index (χ1) is 7.77. The van der Waals surface area contributed by atoms with Crippen molar-refractivity contribution in [1.29, 1.82) is 0 Å². The molecule has 4 nitrogen and oxygen atoms in total. The average molecular weight is 212 g/mol. The van der Waals surface area contributed by atoms with Crippen LogP contribution in [0.1, 0.15) is 0 Å². The van der Waals surface area contributed by atoms with Crippen LogP contribution in [0.4, 0.5) is 0 Å². The predicted molar refractivity (Wildman–Crippen MR) is 59.3 cm³/mol. The molecular formula is C12H8N2O2. The number of fused-ring (bicyclic) bond motifs is 1. The van der Waals surface area contributed by atoms with Gasteiger partial charge in [-0.1, -0.05) is 18.2 Å². The molecule has 0 radical (unpaired) electrons. The van der Waals surface area contributed by atoms with Crippen molar-refractivity contribution in [1.82, 2.24) is 4.68 Å². The SMILES string of the molecule is O=C1C=CC(=O)N1n1ccc2ccccc21. The minimum atomic E-state index is -0.314. The molecule has 0 aliphatic carbocycles. The van der Waals surface area contributed by atoms with Gasteiger partial charge in [0, 0.05) is 23.7 Å². The van der Waals surface area contributed by atoms with Gasteiger partial charge in [0.2, 0.25) is 0 Å². The molecule has 2 aromatic rings. The third kappa shape index (κ3) is 1.10. The van der Waals surface area contributed by atoms with Gasteiger partial charge in [-0.15, -0.1) is 0 Å². The van der Waals surface area contributed by atoms with Crippen LogP contribution in [0.5, 0.6) is 0 Å². The summed E-state index contributed by atoms with van der Waals surface area (Å²) >= 11 is 0. The summed E-state index contributed by atoms with van der Waals surface area (Å²) in [5.74, 6) is -0.627. The minimum Gasteiger partial charge on any atom is -0.267 e. The molecule has 2 heterocycles. The van der Waals surface area contributed by atoms with Crippen LogP contribution in [0.3, 0.4) is 0 Å². The number of rotatable bonds is 1. The maximum atomic E-state index is 11.5. The number of imide groups is 1. The summed E-state index contributed by atoms with van der Waals surface area (Å²) in [6.45, 7) is 0. The summed E-state index contributed by atoms with van der Waals surface area (Å²) in [6, 6.07) is 9.46. The lowest BCUT2D eigenvalue weighted by atomic mass is 10.3. The molecule has 0 atom stereocenters. The first kappa shape index (κ1) is 8.91.